The molecule has 0 saturated heterocycles. The Morgan fingerprint density at radius 1 is 1.50 bits per heavy atom. The van der Waals surface area contributed by atoms with Gasteiger partial charge in [-0.3, -0.25) is 4.79 Å². The molecule has 0 aliphatic carbocycles. The van der Waals surface area contributed by atoms with Crippen molar-refractivity contribution in [2.24, 2.45) is 0 Å². The van der Waals surface area contributed by atoms with E-state index in [-0.39, 0.29) is 12.5 Å². The molecular formula is C9H19NO2. The molecule has 0 rings (SSSR count). The minimum atomic E-state index is -0.704. The fourth-order valence-electron chi connectivity index (χ4n) is 1.18. The van der Waals surface area contributed by atoms with E-state index < -0.39 is 5.97 Å². The minimum Gasteiger partial charge on any atom is -0.481 e. The molecule has 0 aromatic carbocycles. The summed E-state index contributed by atoms with van der Waals surface area (Å²) in [7, 11) is 3.87. The van der Waals surface area contributed by atoms with Crippen molar-refractivity contribution in [1.82, 2.24) is 4.90 Å². The highest BCUT2D eigenvalue weighted by molar-refractivity contribution is 5.67. The molecule has 1 atom stereocenters. The molecule has 0 aromatic heterocycles. The Labute approximate surface area is 74.4 Å². The first kappa shape index (κ1) is 11.4. The molecular weight excluding hydrogens is 154 g/mol. The van der Waals surface area contributed by atoms with Gasteiger partial charge in [-0.05, 0) is 20.5 Å². The Morgan fingerprint density at radius 2 is 2.08 bits per heavy atom. The van der Waals surface area contributed by atoms with Crippen LogP contribution in [0, 0.1) is 0 Å². The van der Waals surface area contributed by atoms with E-state index in [1.165, 1.54) is 0 Å². The first-order valence-electron chi connectivity index (χ1n) is 4.46. The fourth-order valence-corrected chi connectivity index (χ4v) is 1.18. The Morgan fingerprint density at radius 3 is 2.42 bits per heavy atom. The number of carbonyl (C=O) groups is 1. The number of hydrogen-bond acceptors (Lipinski definition) is 2. The lowest BCUT2D eigenvalue weighted by Crippen LogP contribution is -2.30. The van der Waals surface area contributed by atoms with Crippen LogP contribution < -0.4 is 0 Å². The third-order valence-electron chi connectivity index (χ3n) is 2.03. The molecule has 72 valence electrons. The molecule has 0 spiro atoms. The van der Waals surface area contributed by atoms with Crippen LogP contribution in [0.5, 0.6) is 0 Å². The van der Waals surface area contributed by atoms with Crippen molar-refractivity contribution in [3.05, 3.63) is 0 Å². The van der Waals surface area contributed by atoms with Gasteiger partial charge in [-0.1, -0.05) is 19.8 Å². The van der Waals surface area contributed by atoms with E-state index in [9.17, 15) is 4.79 Å². The number of rotatable bonds is 6. The molecule has 3 heteroatoms. The third-order valence-corrected chi connectivity index (χ3v) is 2.03. The van der Waals surface area contributed by atoms with Gasteiger partial charge in [0.05, 0.1) is 6.42 Å². The minimum absolute atomic E-state index is 0.197. The number of carboxylic acid groups (broad SMARTS) is 1. The van der Waals surface area contributed by atoms with Crippen molar-refractivity contribution in [3.8, 4) is 0 Å². The van der Waals surface area contributed by atoms with Gasteiger partial charge in [-0.2, -0.15) is 0 Å². The summed E-state index contributed by atoms with van der Waals surface area (Å²) in [6.45, 7) is 2.12. The summed E-state index contributed by atoms with van der Waals surface area (Å²) in [6, 6.07) is 0.197. The summed E-state index contributed by atoms with van der Waals surface area (Å²) in [5.41, 5.74) is 0. The lowest BCUT2D eigenvalue weighted by Gasteiger charge is -2.22. The van der Waals surface area contributed by atoms with Gasteiger partial charge in [0, 0.05) is 6.04 Å². The van der Waals surface area contributed by atoms with Gasteiger partial charge in [-0.15, -0.1) is 0 Å². The summed E-state index contributed by atoms with van der Waals surface area (Å²) in [4.78, 5) is 12.4. The number of unbranched alkanes of at least 4 members (excludes halogenated alkanes) is 1. The van der Waals surface area contributed by atoms with E-state index in [1.54, 1.807) is 0 Å². The zero-order chi connectivity index (χ0) is 9.56. The monoisotopic (exact) mass is 173 g/mol. The second-order valence-electron chi connectivity index (χ2n) is 3.36. The van der Waals surface area contributed by atoms with Crippen molar-refractivity contribution in [1.29, 1.82) is 0 Å². The summed E-state index contributed by atoms with van der Waals surface area (Å²) >= 11 is 0. The lowest BCUT2D eigenvalue weighted by molar-refractivity contribution is -0.138. The second kappa shape index (κ2) is 6.00. The summed E-state index contributed by atoms with van der Waals surface area (Å²) in [6.07, 6.45) is 3.48. The molecule has 0 aromatic rings. The molecule has 12 heavy (non-hydrogen) atoms. The quantitative estimate of drug-likeness (QED) is 0.663. The molecule has 0 fully saturated rings. The van der Waals surface area contributed by atoms with Crippen LogP contribution in [0.1, 0.15) is 32.6 Å². The largest absolute Gasteiger partial charge is 0.481 e. The maximum Gasteiger partial charge on any atom is 0.304 e. The van der Waals surface area contributed by atoms with Crippen LogP contribution >= 0.6 is 0 Å². The van der Waals surface area contributed by atoms with Gasteiger partial charge in [-0.25, -0.2) is 0 Å². The number of aliphatic carboxylic acids is 1. The Kier molecular flexibility index (Phi) is 5.72. The highest BCUT2D eigenvalue weighted by Crippen LogP contribution is 2.09. The van der Waals surface area contributed by atoms with Crippen LogP contribution in [0.2, 0.25) is 0 Å². The summed E-state index contributed by atoms with van der Waals surface area (Å²) in [5.74, 6) is -0.704. The average molecular weight is 173 g/mol. The number of carboxylic acids is 1. The molecule has 0 saturated carbocycles. The van der Waals surface area contributed by atoms with E-state index in [4.69, 9.17) is 5.11 Å². The average Bonchev–Trinajstić information content (AvgIpc) is 1.96. The number of hydrogen-bond donors (Lipinski definition) is 1. The van der Waals surface area contributed by atoms with Gasteiger partial charge in [0.25, 0.3) is 0 Å². The van der Waals surface area contributed by atoms with Gasteiger partial charge in [0.15, 0.2) is 0 Å². The SMILES string of the molecule is CCCCC(CC(=O)O)N(C)C. The maximum atomic E-state index is 10.5. The van der Waals surface area contributed by atoms with E-state index in [1.807, 2.05) is 19.0 Å². The highest BCUT2D eigenvalue weighted by atomic mass is 16.4. The van der Waals surface area contributed by atoms with Crippen LogP contribution in [0.15, 0.2) is 0 Å². The van der Waals surface area contributed by atoms with E-state index in [0.717, 1.165) is 19.3 Å². The molecule has 0 heterocycles. The zero-order valence-electron chi connectivity index (χ0n) is 8.21. The van der Waals surface area contributed by atoms with Gasteiger partial charge in [0.1, 0.15) is 0 Å². The van der Waals surface area contributed by atoms with Crippen molar-refractivity contribution >= 4 is 5.97 Å². The zero-order valence-corrected chi connectivity index (χ0v) is 8.21. The normalized spacial score (nSPS) is 13.3. The molecule has 0 aliphatic rings. The lowest BCUT2D eigenvalue weighted by atomic mass is 10.1. The summed E-state index contributed by atoms with van der Waals surface area (Å²) in [5, 5.41) is 8.61. The first-order chi connectivity index (χ1) is 5.57. The second-order valence-corrected chi connectivity index (χ2v) is 3.36. The van der Waals surface area contributed by atoms with Crippen LogP contribution in [0.25, 0.3) is 0 Å². The van der Waals surface area contributed by atoms with Crippen LogP contribution in [0.3, 0.4) is 0 Å². The van der Waals surface area contributed by atoms with Crippen molar-refractivity contribution in [3.63, 3.8) is 0 Å². The predicted molar refractivity (Wildman–Crippen MR) is 49.3 cm³/mol. The number of nitrogens with zero attached hydrogens (tertiary/aromatic N) is 1. The molecule has 3 nitrogen and oxygen atoms in total. The van der Waals surface area contributed by atoms with Crippen LogP contribution in [-0.2, 0) is 4.79 Å². The Balaban J connectivity index is 3.78. The van der Waals surface area contributed by atoms with Crippen LogP contribution in [-0.4, -0.2) is 36.1 Å². The smallest absolute Gasteiger partial charge is 0.304 e. The standard InChI is InChI=1S/C9H19NO2/c1-4-5-6-8(10(2)3)7-9(11)12/h8H,4-7H2,1-3H3,(H,11,12). The molecule has 0 aliphatic heterocycles. The third kappa shape index (κ3) is 5.13. The first-order valence-corrected chi connectivity index (χ1v) is 4.46. The van der Waals surface area contributed by atoms with E-state index in [0.29, 0.717) is 0 Å². The predicted octanol–water partition coefficient (Wildman–Crippen LogP) is 1.58. The molecule has 0 amide bonds. The van der Waals surface area contributed by atoms with Gasteiger partial charge in [0.2, 0.25) is 0 Å². The van der Waals surface area contributed by atoms with Crippen molar-refractivity contribution in [2.45, 2.75) is 38.6 Å². The molecule has 1 unspecified atom stereocenters. The molecule has 1 N–H and O–H groups in total. The fraction of sp³-hybridized carbons (Fsp3) is 0.889. The van der Waals surface area contributed by atoms with Crippen molar-refractivity contribution in [2.75, 3.05) is 14.1 Å². The van der Waals surface area contributed by atoms with Gasteiger partial charge >= 0.3 is 5.97 Å². The molecule has 0 bridgehead atoms. The highest BCUT2D eigenvalue weighted by Gasteiger charge is 2.14. The summed E-state index contributed by atoms with van der Waals surface area (Å²) < 4.78 is 0. The maximum absolute atomic E-state index is 10.5. The van der Waals surface area contributed by atoms with Crippen molar-refractivity contribution < 1.29 is 9.90 Å². The Bertz CT molecular complexity index is 134. The topological polar surface area (TPSA) is 40.5 Å². The Hall–Kier alpha value is -0.570. The van der Waals surface area contributed by atoms with Gasteiger partial charge < -0.3 is 10.0 Å². The van der Waals surface area contributed by atoms with Crippen LogP contribution in [0.4, 0.5) is 0 Å². The van der Waals surface area contributed by atoms with E-state index >= 15 is 0 Å². The van der Waals surface area contributed by atoms with E-state index in [2.05, 4.69) is 6.92 Å². The molecule has 0 radical (unpaired) electrons.